The van der Waals surface area contributed by atoms with Crippen LogP contribution in [0, 0.1) is 6.92 Å². The van der Waals surface area contributed by atoms with Crippen molar-refractivity contribution in [3.05, 3.63) is 47.5 Å². The maximum Gasteiger partial charge on any atom is 0.101 e. The largest absolute Gasteiger partial charge is 0.386 e. The van der Waals surface area contributed by atoms with E-state index in [0.29, 0.717) is 12.1 Å². The van der Waals surface area contributed by atoms with Gasteiger partial charge in [-0.1, -0.05) is 6.07 Å². The standard InChI is InChI=1S/C12H15N3O/c1-9-7-10(15(2)14-9)8-12(16)11-5-3-4-6-13-11/h3-7,12,16H,8H2,1-2H3. The molecule has 0 saturated carbocycles. The molecular formula is C12H15N3O. The van der Waals surface area contributed by atoms with Gasteiger partial charge in [0.15, 0.2) is 0 Å². The summed E-state index contributed by atoms with van der Waals surface area (Å²) in [5.74, 6) is 0. The summed E-state index contributed by atoms with van der Waals surface area (Å²) in [5.41, 5.74) is 2.67. The van der Waals surface area contributed by atoms with Crippen LogP contribution in [0.15, 0.2) is 30.5 Å². The first kappa shape index (κ1) is 10.8. The Kier molecular flexibility index (Phi) is 3.01. The van der Waals surface area contributed by atoms with Gasteiger partial charge in [0.05, 0.1) is 11.4 Å². The molecule has 16 heavy (non-hydrogen) atoms. The van der Waals surface area contributed by atoms with Crippen molar-refractivity contribution in [1.29, 1.82) is 0 Å². The molecule has 0 saturated heterocycles. The fraction of sp³-hybridized carbons (Fsp3) is 0.333. The topological polar surface area (TPSA) is 50.9 Å². The first-order chi connectivity index (χ1) is 7.66. The summed E-state index contributed by atoms with van der Waals surface area (Å²) in [6.07, 6.45) is 1.65. The van der Waals surface area contributed by atoms with Crippen molar-refractivity contribution >= 4 is 0 Å². The number of hydrogen-bond donors (Lipinski definition) is 1. The monoisotopic (exact) mass is 217 g/mol. The molecule has 0 aliphatic rings. The van der Waals surface area contributed by atoms with Crippen LogP contribution in [0.1, 0.15) is 23.2 Å². The number of aryl methyl sites for hydroxylation is 2. The van der Waals surface area contributed by atoms with Crippen LogP contribution in [0.5, 0.6) is 0 Å². The smallest absolute Gasteiger partial charge is 0.101 e. The molecule has 0 aliphatic carbocycles. The molecule has 1 unspecified atom stereocenters. The van der Waals surface area contributed by atoms with Gasteiger partial charge in [-0.2, -0.15) is 5.10 Å². The van der Waals surface area contributed by atoms with Gasteiger partial charge in [-0.3, -0.25) is 9.67 Å². The molecule has 0 amide bonds. The van der Waals surface area contributed by atoms with E-state index in [9.17, 15) is 5.11 Å². The second-order valence-electron chi connectivity index (χ2n) is 3.88. The van der Waals surface area contributed by atoms with E-state index < -0.39 is 6.10 Å². The SMILES string of the molecule is Cc1cc(CC(O)c2ccccn2)n(C)n1. The van der Waals surface area contributed by atoms with Crippen LogP contribution in [0.3, 0.4) is 0 Å². The summed E-state index contributed by atoms with van der Waals surface area (Å²) in [6.45, 7) is 1.94. The second-order valence-corrected chi connectivity index (χ2v) is 3.88. The number of pyridine rings is 1. The molecule has 2 heterocycles. The molecule has 0 spiro atoms. The van der Waals surface area contributed by atoms with E-state index in [-0.39, 0.29) is 0 Å². The summed E-state index contributed by atoms with van der Waals surface area (Å²) in [6, 6.07) is 7.52. The Morgan fingerprint density at radius 1 is 1.44 bits per heavy atom. The first-order valence-electron chi connectivity index (χ1n) is 5.25. The van der Waals surface area contributed by atoms with Crippen molar-refractivity contribution in [3.63, 3.8) is 0 Å². The molecular weight excluding hydrogens is 202 g/mol. The summed E-state index contributed by atoms with van der Waals surface area (Å²) < 4.78 is 1.79. The predicted molar refractivity (Wildman–Crippen MR) is 60.8 cm³/mol. The first-order valence-corrected chi connectivity index (χ1v) is 5.25. The number of aliphatic hydroxyl groups is 1. The quantitative estimate of drug-likeness (QED) is 0.845. The minimum atomic E-state index is -0.573. The van der Waals surface area contributed by atoms with E-state index >= 15 is 0 Å². The maximum atomic E-state index is 10.0. The highest BCUT2D eigenvalue weighted by Gasteiger charge is 2.12. The molecule has 0 radical (unpaired) electrons. The number of aromatic nitrogens is 3. The van der Waals surface area contributed by atoms with Gasteiger partial charge in [0.25, 0.3) is 0 Å². The maximum absolute atomic E-state index is 10.0. The minimum absolute atomic E-state index is 0.536. The zero-order chi connectivity index (χ0) is 11.5. The van der Waals surface area contributed by atoms with E-state index in [4.69, 9.17) is 0 Å². The lowest BCUT2D eigenvalue weighted by Crippen LogP contribution is -2.07. The Morgan fingerprint density at radius 2 is 2.25 bits per heavy atom. The molecule has 4 heteroatoms. The summed E-state index contributed by atoms with van der Waals surface area (Å²) in [4.78, 5) is 4.13. The van der Waals surface area contributed by atoms with Crippen LogP contribution in [0.4, 0.5) is 0 Å². The molecule has 0 aromatic carbocycles. The van der Waals surface area contributed by atoms with Gasteiger partial charge in [-0.25, -0.2) is 0 Å². The van der Waals surface area contributed by atoms with Crippen molar-refractivity contribution in [1.82, 2.24) is 14.8 Å². The number of aliphatic hydroxyl groups excluding tert-OH is 1. The van der Waals surface area contributed by atoms with E-state index in [0.717, 1.165) is 11.4 Å². The molecule has 2 rings (SSSR count). The molecule has 0 fully saturated rings. The third-order valence-corrected chi connectivity index (χ3v) is 2.53. The Hall–Kier alpha value is -1.68. The Morgan fingerprint density at radius 3 is 2.81 bits per heavy atom. The van der Waals surface area contributed by atoms with Crippen LogP contribution in [-0.4, -0.2) is 19.9 Å². The fourth-order valence-electron chi connectivity index (χ4n) is 1.73. The van der Waals surface area contributed by atoms with Gasteiger partial charge in [-0.15, -0.1) is 0 Å². The van der Waals surface area contributed by atoms with Gasteiger partial charge in [0.1, 0.15) is 6.10 Å². The van der Waals surface area contributed by atoms with Crippen molar-refractivity contribution in [2.75, 3.05) is 0 Å². The van der Waals surface area contributed by atoms with E-state index in [2.05, 4.69) is 10.1 Å². The fourth-order valence-corrected chi connectivity index (χ4v) is 1.73. The zero-order valence-electron chi connectivity index (χ0n) is 9.46. The molecule has 2 aromatic rings. The second kappa shape index (κ2) is 4.45. The third kappa shape index (κ3) is 2.28. The Balaban J connectivity index is 2.14. The molecule has 4 nitrogen and oxygen atoms in total. The van der Waals surface area contributed by atoms with E-state index in [1.165, 1.54) is 0 Å². The highest BCUT2D eigenvalue weighted by Crippen LogP contribution is 2.16. The lowest BCUT2D eigenvalue weighted by atomic mass is 10.1. The molecule has 0 bridgehead atoms. The molecule has 84 valence electrons. The molecule has 2 aromatic heterocycles. The third-order valence-electron chi connectivity index (χ3n) is 2.53. The van der Waals surface area contributed by atoms with E-state index in [1.54, 1.807) is 10.9 Å². The van der Waals surface area contributed by atoms with Crippen molar-refractivity contribution in [3.8, 4) is 0 Å². The highest BCUT2D eigenvalue weighted by atomic mass is 16.3. The normalized spacial score (nSPS) is 12.7. The zero-order valence-corrected chi connectivity index (χ0v) is 9.46. The number of hydrogen-bond acceptors (Lipinski definition) is 3. The van der Waals surface area contributed by atoms with Crippen LogP contribution < -0.4 is 0 Å². The average molecular weight is 217 g/mol. The van der Waals surface area contributed by atoms with Crippen molar-refractivity contribution in [2.24, 2.45) is 7.05 Å². The average Bonchev–Trinajstić information content (AvgIpc) is 2.59. The van der Waals surface area contributed by atoms with Gasteiger partial charge in [0.2, 0.25) is 0 Å². The molecule has 0 aliphatic heterocycles. The minimum Gasteiger partial charge on any atom is -0.386 e. The van der Waals surface area contributed by atoms with Crippen molar-refractivity contribution in [2.45, 2.75) is 19.4 Å². The van der Waals surface area contributed by atoms with Crippen molar-refractivity contribution < 1.29 is 5.11 Å². The van der Waals surface area contributed by atoms with Gasteiger partial charge >= 0.3 is 0 Å². The van der Waals surface area contributed by atoms with E-state index in [1.807, 2.05) is 38.2 Å². The number of rotatable bonds is 3. The molecule has 1 atom stereocenters. The summed E-state index contributed by atoms with van der Waals surface area (Å²) >= 11 is 0. The van der Waals surface area contributed by atoms with Crippen LogP contribution >= 0.6 is 0 Å². The highest BCUT2D eigenvalue weighted by molar-refractivity contribution is 5.14. The summed E-state index contributed by atoms with van der Waals surface area (Å²) in [7, 11) is 1.88. The Bertz CT molecular complexity index is 464. The van der Waals surface area contributed by atoms with Crippen LogP contribution in [0.25, 0.3) is 0 Å². The van der Waals surface area contributed by atoms with Gasteiger partial charge in [0, 0.05) is 25.4 Å². The van der Waals surface area contributed by atoms with Gasteiger partial charge in [-0.05, 0) is 25.1 Å². The van der Waals surface area contributed by atoms with Gasteiger partial charge < -0.3 is 5.11 Å². The summed E-state index contributed by atoms with van der Waals surface area (Å²) in [5, 5.41) is 14.2. The molecule has 1 N–H and O–H groups in total. The van der Waals surface area contributed by atoms with Crippen LogP contribution in [0.2, 0.25) is 0 Å². The predicted octanol–water partition coefficient (Wildman–Crippen LogP) is 1.40. The number of nitrogens with zero attached hydrogens (tertiary/aromatic N) is 3. The Labute approximate surface area is 94.6 Å². The lowest BCUT2D eigenvalue weighted by Gasteiger charge is -2.09. The lowest BCUT2D eigenvalue weighted by molar-refractivity contribution is 0.171. The van der Waals surface area contributed by atoms with Crippen LogP contribution in [-0.2, 0) is 13.5 Å².